The Labute approximate surface area is 125 Å². The molecule has 0 bridgehead atoms. The highest BCUT2D eigenvalue weighted by Gasteiger charge is 2.43. The fraction of sp³-hybridized carbons (Fsp3) is 0.412. The molecule has 1 aromatic carbocycles. The molecular formula is C17H21N3O. The van der Waals surface area contributed by atoms with Crippen LogP contribution in [0, 0.1) is 19.8 Å². The van der Waals surface area contributed by atoms with Crippen LogP contribution in [0.5, 0.6) is 0 Å². The molecule has 2 aromatic rings. The number of amides is 1. The van der Waals surface area contributed by atoms with Gasteiger partial charge in [-0.05, 0) is 37.8 Å². The van der Waals surface area contributed by atoms with E-state index in [2.05, 4.69) is 22.5 Å². The summed E-state index contributed by atoms with van der Waals surface area (Å²) < 4.78 is 1.94. The van der Waals surface area contributed by atoms with Crippen molar-refractivity contribution >= 4 is 5.91 Å². The molecule has 1 aliphatic carbocycles. The summed E-state index contributed by atoms with van der Waals surface area (Å²) in [4.78, 5) is 12.1. The van der Waals surface area contributed by atoms with Gasteiger partial charge in [0.05, 0.1) is 12.2 Å². The van der Waals surface area contributed by atoms with Gasteiger partial charge in [0.15, 0.2) is 0 Å². The molecule has 0 saturated heterocycles. The lowest BCUT2D eigenvalue weighted by molar-refractivity contribution is -0.122. The third kappa shape index (κ3) is 3.15. The molecule has 110 valence electrons. The number of benzene rings is 1. The average molecular weight is 283 g/mol. The number of hydrogen-bond donors (Lipinski definition) is 1. The summed E-state index contributed by atoms with van der Waals surface area (Å²) in [6.45, 7) is 5.39. The van der Waals surface area contributed by atoms with Crippen molar-refractivity contribution in [2.45, 2.75) is 32.7 Å². The van der Waals surface area contributed by atoms with Gasteiger partial charge in [-0.25, -0.2) is 0 Å². The Bertz CT molecular complexity index is 633. The molecule has 4 heteroatoms. The smallest absolute Gasteiger partial charge is 0.223 e. The van der Waals surface area contributed by atoms with Crippen molar-refractivity contribution in [2.75, 3.05) is 6.54 Å². The minimum absolute atomic E-state index is 0.146. The van der Waals surface area contributed by atoms with Crippen molar-refractivity contribution in [2.24, 2.45) is 5.92 Å². The normalized spacial score (nSPS) is 20.3. The summed E-state index contributed by atoms with van der Waals surface area (Å²) >= 11 is 0. The largest absolute Gasteiger partial charge is 0.354 e. The first-order valence-corrected chi connectivity index (χ1v) is 7.49. The first-order valence-electron chi connectivity index (χ1n) is 7.49. The quantitative estimate of drug-likeness (QED) is 0.916. The van der Waals surface area contributed by atoms with E-state index in [0.717, 1.165) is 24.4 Å². The van der Waals surface area contributed by atoms with Crippen LogP contribution in [0.1, 0.15) is 29.3 Å². The molecule has 0 aliphatic heterocycles. The van der Waals surface area contributed by atoms with Crippen LogP contribution in [0.2, 0.25) is 0 Å². The van der Waals surface area contributed by atoms with Crippen molar-refractivity contribution in [1.82, 2.24) is 15.1 Å². The first kappa shape index (κ1) is 13.9. The number of nitrogens with one attached hydrogen (secondary N) is 1. The van der Waals surface area contributed by atoms with Crippen LogP contribution in [-0.4, -0.2) is 22.2 Å². The molecule has 1 aromatic heterocycles. The summed E-state index contributed by atoms with van der Waals surface area (Å²) in [5.41, 5.74) is 3.43. The third-order valence-corrected chi connectivity index (χ3v) is 4.08. The summed E-state index contributed by atoms with van der Waals surface area (Å²) in [6, 6.07) is 12.3. The number of aryl methyl sites for hydroxylation is 2. The fourth-order valence-electron chi connectivity index (χ4n) is 2.87. The molecule has 0 spiro atoms. The maximum absolute atomic E-state index is 12.1. The number of carbonyl (C=O) groups excluding carboxylic acids is 1. The Morgan fingerprint density at radius 3 is 2.76 bits per heavy atom. The molecule has 21 heavy (non-hydrogen) atoms. The number of hydrogen-bond acceptors (Lipinski definition) is 2. The van der Waals surface area contributed by atoms with Crippen molar-refractivity contribution in [3.8, 4) is 0 Å². The van der Waals surface area contributed by atoms with Crippen LogP contribution in [0.3, 0.4) is 0 Å². The fourth-order valence-corrected chi connectivity index (χ4v) is 2.87. The lowest BCUT2D eigenvalue weighted by Crippen LogP contribution is -2.29. The first-order chi connectivity index (χ1) is 10.1. The minimum Gasteiger partial charge on any atom is -0.354 e. The molecule has 1 heterocycles. The zero-order valence-electron chi connectivity index (χ0n) is 12.5. The van der Waals surface area contributed by atoms with Crippen molar-refractivity contribution in [3.63, 3.8) is 0 Å². The molecule has 2 atom stereocenters. The number of nitrogens with zero attached hydrogens (tertiary/aromatic N) is 2. The van der Waals surface area contributed by atoms with E-state index in [9.17, 15) is 4.79 Å². The second kappa shape index (κ2) is 5.72. The molecule has 2 unspecified atom stereocenters. The molecule has 3 rings (SSSR count). The Balaban J connectivity index is 1.47. The van der Waals surface area contributed by atoms with Crippen molar-refractivity contribution in [3.05, 3.63) is 53.3 Å². The Kier molecular flexibility index (Phi) is 3.78. The molecule has 4 nitrogen and oxygen atoms in total. The Morgan fingerprint density at radius 1 is 1.33 bits per heavy atom. The van der Waals surface area contributed by atoms with E-state index in [4.69, 9.17) is 0 Å². The zero-order chi connectivity index (χ0) is 14.8. The van der Waals surface area contributed by atoms with Crippen LogP contribution in [0.15, 0.2) is 36.4 Å². The van der Waals surface area contributed by atoms with E-state index in [0.29, 0.717) is 12.5 Å². The number of aromatic nitrogens is 2. The van der Waals surface area contributed by atoms with Gasteiger partial charge in [-0.2, -0.15) is 5.10 Å². The van der Waals surface area contributed by atoms with Crippen molar-refractivity contribution in [1.29, 1.82) is 0 Å². The van der Waals surface area contributed by atoms with E-state index >= 15 is 0 Å². The highest BCUT2D eigenvalue weighted by molar-refractivity contribution is 5.82. The molecule has 0 radical (unpaired) electrons. The predicted octanol–water partition coefficient (Wildman–Crippen LogP) is 2.42. The lowest BCUT2D eigenvalue weighted by Gasteiger charge is -2.07. The van der Waals surface area contributed by atoms with Gasteiger partial charge in [-0.1, -0.05) is 30.3 Å². The number of rotatable bonds is 5. The Morgan fingerprint density at radius 2 is 2.10 bits per heavy atom. The van der Waals surface area contributed by atoms with Gasteiger partial charge in [0.2, 0.25) is 5.91 Å². The summed E-state index contributed by atoms with van der Waals surface area (Å²) in [7, 11) is 0. The van der Waals surface area contributed by atoms with Crippen LogP contribution in [-0.2, 0) is 11.3 Å². The van der Waals surface area contributed by atoms with Crippen LogP contribution >= 0.6 is 0 Å². The maximum atomic E-state index is 12.1. The highest BCUT2D eigenvalue weighted by atomic mass is 16.2. The van der Waals surface area contributed by atoms with E-state index in [1.165, 1.54) is 5.56 Å². The van der Waals surface area contributed by atoms with Gasteiger partial charge in [-0.3, -0.25) is 9.48 Å². The van der Waals surface area contributed by atoms with Gasteiger partial charge < -0.3 is 5.32 Å². The summed E-state index contributed by atoms with van der Waals surface area (Å²) in [5.74, 6) is 0.720. The van der Waals surface area contributed by atoms with Crippen LogP contribution in [0.25, 0.3) is 0 Å². The SMILES string of the molecule is Cc1cc(C)n(CCNC(=O)C2CC2c2ccccc2)n1. The standard InChI is InChI=1S/C17H21N3O/c1-12-10-13(2)20(19-12)9-8-18-17(21)16-11-15(16)14-6-4-3-5-7-14/h3-7,10,15-16H,8-9,11H2,1-2H3,(H,18,21). The molecular weight excluding hydrogens is 262 g/mol. The topological polar surface area (TPSA) is 46.9 Å². The lowest BCUT2D eigenvalue weighted by atomic mass is 10.1. The van der Waals surface area contributed by atoms with E-state index in [1.807, 2.05) is 42.8 Å². The highest BCUT2D eigenvalue weighted by Crippen LogP contribution is 2.47. The second-order valence-electron chi connectivity index (χ2n) is 5.80. The van der Waals surface area contributed by atoms with Gasteiger partial charge in [-0.15, -0.1) is 0 Å². The Hall–Kier alpha value is -2.10. The minimum atomic E-state index is 0.146. The number of carbonyl (C=O) groups is 1. The van der Waals surface area contributed by atoms with Crippen molar-refractivity contribution < 1.29 is 4.79 Å². The summed E-state index contributed by atoms with van der Waals surface area (Å²) in [5, 5.41) is 7.42. The van der Waals surface area contributed by atoms with E-state index < -0.39 is 0 Å². The van der Waals surface area contributed by atoms with E-state index in [1.54, 1.807) is 0 Å². The van der Waals surface area contributed by atoms with Gasteiger partial charge in [0, 0.05) is 18.2 Å². The molecule has 1 aliphatic rings. The zero-order valence-corrected chi connectivity index (χ0v) is 12.5. The summed E-state index contributed by atoms with van der Waals surface area (Å²) in [6.07, 6.45) is 0.968. The third-order valence-electron chi connectivity index (χ3n) is 4.08. The molecule has 1 fully saturated rings. The van der Waals surface area contributed by atoms with Gasteiger partial charge >= 0.3 is 0 Å². The average Bonchev–Trinajstić information content (AvgIpc) is 3.21. The van der Waals surface area contributed by atoms with Crippen LogP contribution < -0.4 is 5.32 Å². The van der Waals surface area contributed by atoms with Gasteiger partial charge in [0.1, 0.15) is 0 Å². The monoisotopic (exact) mass is 283 g/mol. The van der Waals surface area contributed by atoms with Gasteiger partial charge in [0.25, 0.3) is 0 Å². The molecule has 1 N–H and O–H groups in total. The van der Waals surface area contributed by atoms with E-state index in [-0.39, 0.29) is 11.8 Å². The predicted molar refractivity (Wildman–Crippen MR) is 82.0 cm³/mol. The molecule has 1 amide bonds. The molecule has 1 saturated carbocycles. The second-order valence-corrected chi connectivity index (χ2v) is 5.80. The van der Waals surface area contributed by atoms with Crippen LogP contribution in [0.4, 0.5) is 0 Å². The maximum Gasteiger partial charge on any atom is 0.223 e.